The van der Waals surface area contributed by atoms with Crippen LogP contribution in [0.5, 0.6) is 0 Å². The van der Waals surface area contributed by atoms with E-state index in [1.54, 1.807) is 6.20 Å². The highest BCUT2D eigenvalue weighted by atomic mass is 16.1. The van der Waals surface area contributed by atoms with E-state index in [9.17, 15) is 4.79 Å². The lowest BCUT2D eigenvalue weighted by molar-refractivity contribution is -0.119. The van der Waals surface area contributed by atoms with Gasteiger partial charge in [-0.25, -0.2) is 4.68 Å². The molecule has 0 radical (unpaired) electrons. The fourth-order valence-corrected chi connectivity index (χ4v) is 2.16. The Labute approximate surface area is 99.3 Å². The van der Waals surface area contributed by atoms with E-state index < -0.39 is 0 Å². The molecule has 0 spiro atoms. The van der Waals surface area contributed by atoms with Crippen LogP contribution in [0.1, 0.15) is 17.9 Å². The topological polar surface area (TPSA) is 46.9 Å². The number of hydrogen-bond acceptors (Lipinski definition) is 2. The third-order valence-electron chi connectivity index (χ3n) is 3.11. The van der Waals surface area contributed by atoms with E-state index in [4.69, 9.17) is 0 Å². The van der Waals surface area contributed by atoms with Crippen molar-refractivity contribution in [2.45, 2.75) is 12.3 Å². The fourth-order valence-electron chi connectivity index (χ4n) is 2.16. The normalized spacial score (nSPS) is 19.3. The van der Waals surface area contributed by atoms with Gasteiger partial charge in [-0.15, -0.1) is 0 Å². The molecule has 0 bridgehead atoms. The molecule has 0 aliphatic carbocycles. The van der Waals surface area contributed by atoms with Crippen molar-refractivity contribution in [3.05, 3.63) is 48.3 Å². The molecule has 1 atom stereocenters. The molecule has 1 fully saturated rings. The number of hydrogen-bond donors (Lipinski definition) is 1. The van der Waals surface area contributed by atoms with Crippen LogP contribution in [0.25, 0.3) is 5.69 Å². The van der Waals surface area contributed by atoms with Crippen LogP contribution >= 0.6 is 0 Å². The minimum atomic E-state index is 0.145. The zero-order valence-corrected chi connectivity index (χ0v) is 9.34. The van der Waals surface area contributed by atoms with Crippen molar-refractivity contribution in [3.8, 4) is 5.69 Å². The lowest BCUT2D eigenvalue weighted by atomic mass is 9.98. The van der Waals surface area contributed by atoms with Crippen LogP contribution in [0.4, 0.5) is 0 Å². The standard InChI is InChI=1S/C13H13N3O/c17-13-8-11(9-14-13)10-2-4-12(5-3-10)16-7-1-6-15-16/h1-7,11H,8-9H2,(H,14,17). The van der Waals surface area contributed by atoms with Gasteiger partial charge in [-0.1, -0.05) is 12.1 Å². The summed E-state index contributed by atoms with van der Waals surface area (Å²) in [5.74, 6) is 0.459. The van der Waals surface area contributed by atoms with Crippen LogP contribution in [-0.4, -0.2) is 22.2 Å². The van der Waals surface area contributed by atoms with Crippen molar-refractivity contribution < 1.29 is 4.79 Å². The number of aromatic nitrogens is 2. The van der Waals surface area contributed by atoms with Crippen LogP contribution in [-0.2, 0) is 4.79 Å². The second-order valence-corrected chi connectivity index (χ2v) is 4.25. The molecule has 1 aliphatic heterocycles. The van der Waals surface area contributed by atoms with E-state index in [0.717, 1.165) is 12.2 Å². The van der Waals surface area contributed by atoms with Crippen molar-refractivity contribution in [1.29, 1.82) is 0 Å². The van der Waals surface area contributed by atoms with Crippen LogP contribution < -0.4 is 5.32 Å². The van der Waals surface area contributed by atoms with Crippen molar-refractivity contribution in [2.75, 3.05) is 6.54 Å². The summed E-state index contributed by atoms with van der Waals surface area (Å²) in [5.41, 5.74) is 2.25. The minimum absolute atomic E-state index is 0.145. The van der Waals surface area contributed by atoms with Crippen LogP contribution in [0, 0.1) is 0 Å². The first-order valence-electron chi connectivity index (χ1n) is 5.69. The summed E-state index contributed by atoms with van der Waals surface area (Å²) in [4.78, 5) is 11.2. The van der Waals surface area contributed by atoms with Gasteiger partial charge >= 0.3 is 0 Å². The highest BCUT2D eigenvalue weighted by Crippen LogP contribution is 2.23. The van der Waals surface area contributed by atoms with Crippen molar-refractivity contribution in [3.63, 3.8) is 0 Å². The van der Waals surface area contributed by atoms with Gasteiger partial charge in [0.15, 0.2) is 0 Å². The summed E-state index contributed by atoms with van der Waals surface area (Å²) in [6.45, 7) is 0.750. The highest BCUT2D eigenvalue weighted by molar-refractivity contribution is 5.79. The molecule has 2 aromatic rings. The molecule has 0 saturated carbocycles. The third-order valence-corrected chi connectivity index (χ3v) is 3.11. The number of benzene rings is 1. The predicted octanol–water partition coefficient (Wildman–Crippen LogP) is 1.48. The van der Waals surface area contributed by atoms with Gasteiger partial charge in [0.2, 0.25) is 5.91 Å². The second-order valence-electron chi connectivity index (χ2n) is 4.25. The van der Waals surface area contributed by atoms with Gasteiger partial charge in [-0.05, 0) is 23.8 Å². The van der Waals surface area contributed by atoms with Crippen LogP contribution in [0.15, 0.2) is 42.7 Å². The molecule has 1 saturated heterocycles. The molecule has 1 N–H and O–H groups in total. The highest BCUT2D eigenvalue weighted by Gasteiger charge is 2.22. The zero-order valence-electron chi connectivity index (χ0n) is 9.34. The molecule has 1 unspecified atom stereocenters. The van der Waals surface area contributed by atoms with Crippen molar-refractivity contribution in [2.24, 2.45) is 0 Å². The minimum Gasteiger partial charge on any atom is -0.355 e. The third kappa shape index (κ3) is 1.93. The molecular weight excluding hydrogens is 214 g/mol. The summed E-state index contributed by atoms with van der Waals surface area (Å²) in [6.07, 6.45) is 4.27. The Morgan fingerprint density at radius 3 is 2.71 bits per heavy atom. The smallest absolute Gasteiger partial charge is 0.220 e. The van der Waals surface area contributed by atoms with Gasteiger partial charge in [0.05, 0.1) is 5.69 Å². The van der Waals surface area contributed by atoms with E-state index in [2.05, 4.69) is 22.5 Å². The van der Waals surface area contributed by atoms with Gasteiger partial charge in [0.25, 0.3) is 0 Å². The molecular formula is C13H13N3O. The fraction of sp³-hybridized carbons (Fsp3) is 0.231. The lowest BCUT2D eigenvalue weighted by Crippen LogP contribution is -2.13. The second kappa shape index (κ2) is 4.05. The summed E-state index contributed by atoms with van der Waals surface area (Å²) in [6, 6.07) is 10.1. The maximum atomic E-state index is 11.2. The summed E-state index contributed by atoms with van der Waals surface area (Å²) >= 11 is 0. The maximum absolute atomic E-state index is 11.2. The summed E-state index contributed by atoms with van der Waals surface area (Å²) < 4.78 is 1.82. The Hall–Kier alpha value is -2.10. The molecule has 1 aromatic heterocycles. The van der Waals surface area contributed by atoms with Crippen LogP contribution in [0.2, 0.25) is 0 Å². The molecule has 4 nitrogen and oxygen atoms in total. The Kier molecular flexibility index (Phi) is 2.40. The molecule has 1 aliphatic rings. The summed E-state index contributed by atoms with van der Waals surface area (Å²) in [5, 5.41) is 7.03. The van der Waals surface area contributed by atoms with Crippen molar-refractivity contribution in [1.82, 2.24) is 15.1 Å². The lowest BCUT2D eigenvalue weighted by Gasteiger charge is -2.08. The van der Waals surface area contributed by atoms with Gasteiger partial charge in [-0.3, -0.25) is 4.79 Å². The maximum Gasteiger partial charge on any atom is 0.220 e. The number of carbonyl (C=O) groups is 1. The first-order chi connectivity index (χ1) is 8.33. The average Bonchev–Trinajstić information content (AvgIpc) is 3.00. The molecule has 2 heterocycles. The average molecular weight is 227 g/mol. The van der Waals surface area contributed by atoms with E-state index in [0.29, 0.717) is 12.3 Å². The largest absolute Gasteiger partial charge is 0.355 e. The number of nitrogens with one attached hydrogen (secondary N) is 1. The van der Waals surface area contributed by atoms with Gasteiger partial charge < -0.3 is 5.32 Å². The monoisotopic (exact) mass is 227 g/mol. The number of amides is 1. The molecule has 17 heavy (non-hydrogen) atoms. The molecule has 1 aromatic carbocycles. The van der Waals surface area contributed by atoms with Gasteiger partial charge in [-0.2, -0.15) is 5.10 Å². The Morgan fingerprint density at radius 1 is 1.29 bits per heavy atom. The number of rotatable bonds is 2. The molecule has 4 heteroatoms. The molecule has 1 amide bonds. The number of nitrogens with zero attached hydrogens (tertiary/aromatic N) is 2. The molecule has 86 valence electrons. The van der Waals surface area contributed by atoms with Crippen molar-refractivity contribution >= 4 is 5.91 Å². The van der Waals surface area contributed by atoms with Gasteiger partial charge in [0, 0.05) is 31.3 Å². The first kappa shape index (κ1) is 10.1. The van der Waals surface area contributed by atoms with E-state index >= 15 is 0 Å². The first-order valence-corrected chi connectivity index (χ1v) is 5.69. The Morgan fingerprint density at radius 2 is 2.12 bits per heavy atom. The Bertz CT molecular complexity index is 516. The number of carbonyl (C=O) groups excluding carboxylic acids is 1. The van der Waals surface area contributed by atoms with E-state index in [1.807, 2.05) is 29.1 Å². The SMILES string of the molecule is O=C1CC(c2ccc(-n3cccn3)cc2)CN1. The van der Waals surface area contributed by atoms with E-state index in [-0.39, 0.29) is 5.91 Å². The van der Waals surface area contributed by atoms with E-state index in [1.165, 1.54) is 5.56 Å². The molecule has 3 rings (SSSR count). The Balaban J connectivity index is 1.83. The predicted molar refractivity (Wildman–Crippen MR) is 63.9 cm³/mol. The summed E-state index contributed by atoms with van der Waals surface area (Å²) in [7, 11) is 0. The zero-order chi connectivity index (χ0) is 11.7. The van der Waals surface area contributed by atoms with Gasteiger partial charge in [0.1, 0.15) is 0 Å². The quantitative estimate of drug-likeness (QED) is 0.844. The van der Waals surface area contributed by atoms with Crippen LogP contribution in [0.3, 0.4) is 0 Å².